The Labute approximate surface area is 188 Å². The van der Waals surface area contributed by atoms with Gasteiger partial charge in [-0.05, 0) is 81.3 Å². The summed E-state index contributed by atoms with van der Waals surface area (Å²) in [4.78, 5) is 16.7. The molecular formula is C24H27N3O4S. The van der Waals surface area contributed by atoms with Crippen LogP contribution in [-0.4, -0.2) is 42.9 Å². The minimum atomic E-state index is -3.52. The second-order valence-corrected chi connectivity index (χ2v) is 9.82. The van der Waals surface area contributed by atoms with Crippen LogP contribution in [0.25, 0.3) is 10.9 Å². The van der Waals surface area contributed by atoms with Crippen LogP contribution in [0.3, 0.4) is 0 Å². The summed E-state index contributed by atoms with van der Waals surface area (Å²) in [5.41, 5.74) is 1.97. The van der Waals surface area contributed by atoms with E-state index >= 15 is 0 Å². The van der Waals surface area contributed by atoms with Gasteiger partial charge in [-0.2, -0.15) is 4.31 Å². The van der Waals surface area contributed by atoms with Crippen LogP contribution >= 0.6 is 0 Å². The lowest BCUT2D eigenvalue weighted by atomic mass is 10.1. The Hall–Kier alpha value is -2.97. The molecule has 4 rings (SSSR count). The van der Waals surface area contributed by atoms with Gasteiger partial charge < -0.3 is 10.1 Å². The predicted molar refractivity (Wildman–Crippen MR) is 125 cm³/mol. The number of piperidine rings is 1. The maximum atomic E-state index is 13.1. The maximum Gasteiger partial charge on any atom is 0.338 e. The van der Waals surface area contributed by atoms with Gasteiger partial charge in [0.15, 0.2) is 0 Å². The van der Waals surface area contributed by atoms with E-state index in [9.17, 15) is 13.2 Å². The average Bonchev–Trinajstić information content (AvgIpc) is 2.79. The highest BCUT2D eigenvalue weighted by molar-refractivity contribution is 7.89. The second kappa shape index (κ2) is 9.26. The van der Waals surface area contributed by atoms with E-state index < -0.39 is 10.0 Å². The third kappa shape index (κ3) is 4.61. The molecule has 1 aromatic heterocycles. The first kappa shape index (κ1) is 22.2. The second-order valence-electron chi connectivity index (χ2n) is 7.93. The number of carbonyl (C=O) groups excluding carboxylic acids is 1. The zero-order valence-corrected chi connectivity index (χ0v) is 19.1. The highest BCUT2D eigenvalue weighted by Gasteiger charge is 2.31. The van der Waals surface area contributed by atoms with E-state index in [2.05, 4.69) is 10.3 Å². The molecule has 1 aliphatic heterocycles. The van der Waals surface area contributed by atoms with Crippen LogP contribution in [-0.2, 0) is 14.8 Å². The number of nitrogens with zero attached hydrogens (tertiary/aromatic N) is 2. The number of pyridine rings is 1. The summed E-state index contributed by atoms with van der Waals surface area (Å²) in [5, 5.41) is 3.97. The van der Waals surface area contributed by atoms with E-state index in [1.807, 2.05) is 19.1 Å². The fourth-order valence-electron chi connectivity index (χ4n) is 3.95. The van der Waals surface area contributed by atoms with Gasteiger partial charge >= 0.3 is 5.97 Å². The highest BCUT2D eigenvalue weighted by atomic mass is 32.2. The molecule has 32 heavy (non-hydrogen) atoms. The molecule has 1 saturated heterocycles. The number of sulfonamides is 1. The standard InChI is InChI=1S/C24H27N3O4S/c1-3-31-24(28)18-7-10-20(11-8-18)25-23-14-9-19-16-21(12-13-22(19)26-23)32(29,30)27-15-5-4-6-17(27)2/h7-14,16-17H,3-6,15H2,1-2H3,(H,25,26)/t17-/m1/s1. The molecule has 0 spiro atoms. The first-order valence-corrected chi connectivity index (χ1v) is 12.3. The van der Waals surface area contributed by atoms with Crippen LogP contribution in [0.15, 0.2) is 59.5 Å². The normalized spacial score (nSPS) is 17.2. The van der Waals surface area contributed by atoms with E-state index in [4.69, 9.17) is 4.74 Å². The molecule has 3 aromatic rings. The molecule has 0 radical (unpaired) electrons. The fourth-order valence-corrected chi connectivity index (χ4v) is 5.69. The van der Waals surface area contributed by atoms with Crippen molar-refractivity contribution in [3.63, 3.8) is 0 Å². The number of hydrogen-bond donors (Lipinski definition) is 1. The van der Waals surface area contributed by atoms with Crippen LogP contribution in [0.4, 0.5) is 11.5 Å². The molecule has 0 bridgehead atoms. The van der Waals surface area contributed by atoms with Gasteiger partial charge in [-0.25, -0.2) is 18.2 Å². The third-order valence-corrected chi connectivity index (χ3v) is 7.69. The Morgan fingerprint density at radius 1 is 1.12 bits per heavy atom. The van der Waals surface area contributed by atoms with Gasteiger partial charge in [0, 0.05) is 23.7 Å². The summed E-state index contributed by atoms with van der Waals surface area (Å²) in [6, 6.07) is 15.7. The number of esters is 1. The molecule has 1 atom stereocenters. The van der Waals surface area contributed by atoms with Gasteiger partial charge in [0.25, 0.3) is 0 Å². The molecule has 0 amide bonds. The number of anilines is 2. The van der Waals surface area contributed by atoms with Crippen LogP contribution < -0.4 is 5.32 Å². The van der Waals surface area contributed by atoms with Gasteiger partial charge in [-0.15, -0.1) is 0 Å². The molecule has 0 saturated carbocycles. The van der Waals surface area contributed by atoms with Gasteiger partial charge in [0.1, 0.15) is 5.82 Å². The number of hydrogen-bond acceptors (Lipinski definition) is 6. The molecule has 2 aromatic carbocycles. The molecule has 1 fully saturated rings. The largest absolute Gasteiger partial charge is 0.462 e. The molecular weight excluding hydrogens is 426 g/mol. The zero-order valence-electron chi connectivity index (χ0n) is 18.2. The van der Waals surface area contributed by atoms with E-state index in [0.29, 0.717) is 34.9 Å². The zero-order chi connectivity index (χ0) is 22.7. The minimum Gasteiger partial charge on any atom is -0.462 e. The SMILES string of the molecule is CCOC(=O)c1ccc(Nc2ccc3cc(S(=O)(=O)N4CCCC[C@H]4C)ccc3n2)cc1. The summed E-state index contributed by atoms with van der Waals surface area (Å²) >= 11 is 0. The Morgan fingerprint density at radius 2 is 1.91 bits per heavy atom. The number of aromatic nitrogens is 1. The summed E-state index contributed by atoms with van der Waals surface area (Å²) < 4.78 is 32.9. The van der Waals surface area contributed by atoms with Crippen LogP contribution in [0, 0.1) is 0 Å². The molecule has 2 heterocycles. The lowest BCUT2D eigenvalue weighted by molar-refractivity contribution is 0.0526. The monoisotopic (exact) mass is 453 g/mol. The number of nitrogens with one attached hydrogen (secondary N) is 1. The molecule has 168 valence electrons. The number of fused-ring (bicyclic) bond motifs is 1. The average molecular weight is 454 g/mol. The van der Waals surface area contributed by atoms with Crippen LogP contribution in [0.2, 0.25) is 0 Å². The Bertz CT molecular complexity index is 1230. The van der Waals surface area contributed by atoms with E-state index in [1.165, 1.54) is 0 Å². The van der Waals surface area contributed by atoms with Gasteiger partial charge in [-0.1, -0.05) is 6.42 Å². The molecule has 8 heteroatoms. The Kier molecular flexibility index (Phi) is 6.43. The molecule has 0 unspecified atom stereocenters. The van der Waals surface area contributed by atoms with Crippen molar-refractivity contribution in [1.29, 1.82) is 0 Å². The number of rotatable bonds is 6. The maximum absolute atomic E-state index is 13.1. The van der Waals surface area contributed by atoms with E-state index in [0.717, 1.165) is 30.3 Å². The summed E-state index contributed by atoms with van der Waals surface area (Å²) in [6.45, 7) is 4.64. The van der Waals surface area contributed by atoms with Crippen molar-refractivity contribution in [2.45, 2.75) is 44.0 Å². The Morgan fingerprint density at radius 3 is 2.62 bits per heavy atom. The third-order valence-electron chi connectivity index (χ3n) is 5.68. The minimum absolute atomic E-state index is 0.0179. The smallest absolute Gasteiger partial charge is 0.338 e. The van der Waals surface area contributed by atoms with E-state index in [-0.39, 0.29) is 12.0 Å². The van der Waals surface area contributed by atoms with Crippen molar-refractivity contribution in [1.82, 2.24) is 9.29 Å². The van der Waals surface area contributed by atoms with Crippen LogP contribution in [0.5, 0.6) is 0 Å². The topological polar surface area (TPSA) is 88.6 Å². The molecule has 1 aliphatic rings. The van der Waals surface area contributed by atoms with Gasteiger partial charge in [0.05, 0.1) is 22.6 Å². The fraction of sp³-hybridized carbons (Fsp3) is 0.333. The summed E-state index contributed by atoms with van der Waals surface area (Å²) in [5.74, 6) is 0.272. The van der Waals surface area contributed by atoms with Crippen molar-refractivity contribution in [2.75, 3.05) is 18.5 Å². The summed E-state index contributed by atoms with van der Waals surface area (Å²) in [6.07, 6.45) is 2.86. The highest BCUT2D eigenvalue weighted by Crippen LogP contribution is 2.28. The van der Waals surface area contributed by atoms with Crippen molar-refractivity contribution in [3.05, 3.63) is 60.2 Å². The first-order chi connectivity index (χ1) is 15.4. The number of benzene rings is 2. The summed E-state index contributed by atoms with van der Waals surface area (Å²) in [7, 11) is -3.52. The molecule has 7 nitrogen and oxygen atoms in total. The van der Waals surface area contributed by atoms with Gasteiger partial charge in [0.2, 0.25) is 10.0 Å². The van der Waals surface area contributed by atoms with Crippen LogP contribution in [0.1, 0.15) is 43.5 Å². The van der Waals surface area contributed by atoms with Gasteiger partial charge in [-0.3, -0.25) is 0 Å². The Balaban J connectivity index is 1.53. The predicted octanol–water partition coefficient (Wildman–Crippen LogP) is 4.72. The van der Waals surface area contributed by atoms with Crippen molar-refractivity contribution >= 4 is 38.4 Å². The lowest BCUT2D eigenvalue weighted by Gasteiger charge is -2.32. The number of carbonyl (C=O) groups is 1. The lowest BCUT2D eigenvalue weighted by Crippen LogP contribution is -2.41. The first-order valence-electron chi connectivity index (χ1n) is 10.9. The van der Waals surface area contributed by atoms with E-state index in [1.54, 1.807) is 53.7 Å². The quantitative estimate of drug-likeness (QED) is 0.544. The number of ether oxygens (including phenoxy) is 1. The van der Waals surface area contributed by atoms with Crippen molar-refractivity contribution in [3.8, 4) is 0 Å². The molecule has 1 N–H and O–H groups in total. The molecule has 0 aliphatic carbocycles. The van der Waals surface area contributed by atoms with Crippen molar-refractivity contribution < 1.29 is 17.9 Å². The van der Waals surface area contributed by atoms with Crippen molar-refractivity contribution in [2.24, 2.45) is 0 Å².